The van der Waals surface area contributed by atoms with Crippen LogP contribution in [0.15, 0.2) is 28.9 Å². The van der Waals surface area contributed by atoms with Gasteiger partial charge in [0.05, 0.1) is 17.2 Å². The van der Waals surface area contributed by atoms with Gasteiger partial charge in [0.2, 0.25) is 0 Å². The van der Waals surface area contributed by atoms with E-state index in [0.29, 0.717) is 20.9 Å². The fourth-order valence-corrected chi connectivity index (χ4v) is 1.81. The SMILES string of the molecule is Nc1c(Br)cnn1Cc1cc(Cl)ccc1F. The number of benzene rings is 1. The third-order valence-electron chi connectivity index (χ3n) is 2.16. The summed E-state index contributed by atoms with van der Waals surface area (Å²) in [7, 11) is 0. The molecule has 0 saturated heterocycles. The highest BCUT2D eigenvalue weighted by atomic mass is 79.9. The lowest BCUT2D eigenvalue weighted by atomic mass is 10.2. The molecule has 1 aromatic heterocycles. The molecule has 0 bridgehead atoms. The van der Waals surface area contributed by atoms with Gasteiger partial charge in [-0.3, -0.25) is 0 Å². The molecule has 0 spiro atoms. The molecule has 0 amide bonds. The maximum atomic E-state index is 13.4. The second kappa shape index (κ2) is 4.43. The number of nitrogen functional groups attached to an aromatic ring is 1. The molecule has 84 valence electrons. The molecule has 16 heavy (non-hydrogen) atoms. The Morgan fingerprint density at radius 1 is 1.50 bits per heavy atom. The van der Waals surface area contributed by atoms with Crippen molar-refractivity contribution in [3.63, 3.8) is 0 Å². The largest absolute Gasteiger partial charge is 0.383 e. The zero-order valence-corrected chi connectivity index (χ0v) is 10.5. The van der Waals surface area contributed by atoms with Gasteiger partial charge in [-0.1, -0.05) is 11.6 Å². The molecule has 1 aromatic carbocycles. The molecule has 2 N–H and O–H groups in total. The van der Waals surface area contributed by atoms with Gasteiger partial charge in [0.25, 0.3) is 0 Å². The molecule has 0 atom stereocenters. The summed E-state index contributed by atoms with van der Waals surface area (Å²) >= 11 is 9.03. The Balaban J connectivity index is 2.33. The van der Waals surface area contributed by atoms with Gasteiger partial charge in [0, 0.05) is 10.6 Å². The van der Waals surface area contributed by atoms with Crippen LogP contribution in [0.3, 0.4) is 0 Å². The first-order valence-corrected chi connectivity index (χ1v) is 5.65. The molecular weight excluding hydrogens is 296 g/mol. The van der Waals surface area contributed by atoms with E-state index in [1.807, 2.05) is 0 Å². The molecule has 0 saturated carbocycles. The third kappa shape index (κ3) is 2.20. The average Bonchev–Trinajstić information content (AvgIpc) is 2.55. The van der Waals surface area contributed by atoms with E-state index in [0.717, 1.165) is 0 Å². The van der Waals surface area contributed by atoms with Crippen LogP contribution in [0.2, 0.25) is 5.02 Å². The smallest absolute Gasteiger partial charge is 0.136 e. The Bertz CT molecular complexity index is 527. The van der Waals surface area contributed by atoms with E-state index in [1.165, 1.54) is 16.8 Å². The molecule has 6 heteroatoms. The topological polar surface area (TPSA) is 43.8 Å². The van der Waals surface area contributed by atoms with Crippen LogP contribution in [0.4, 0.5) is 10.2 Å². The quantitative estimate of drug-likeness (QED) is 0.926. The molecule has 0 aliphatic heterocycles. The second-order valence-electron chi connectivity index (χ2n) is 3.27. The van der Waals surface area contributed by atoms with Gasteiger partial charge in [0.1, 0.15) is 11.6 Å². The lowest BCUT2D eigenvalue weighted by Crippen LogP contribution is -2.07. The summed E-state index contributed by atoms with van der Waals surface area (Å²) in [6.07, 6.45) is 1.57. The second-order valence-corrected chi connectivity index (χ2v) is 4.56. The van der Waals surface area contributed by atoms with E-state index in [-0.39, 0.29) is 12.4 Å². The van der Waals surface area contributed by atoms with Crippen molar-refractivity contribution in [3.05, 3.63) is 45.3 Å². The van der Waals surface area contributed by atoms with Gasteiger partial charge in [-0.2, -0.15) is 5.10 Å². The number of anilines is 1. The highest BCUT2D eigenvalue weighted by molar-refractivity contribution is 9.10. The monoisotopic (exact) mass is 303 g/mol. The molecule has 0 aliphatic carbocycles. The molecule has 0 aliphatic rings. The van der Waals surface area contributed by atoms with Crippen LogP contribution in [0.5, 0.6) is 0 Å². The normalized spacial score (nSPS) is 10.7. The first kappa shape index (κ1) is 11.4. The maximum absolute atomic E-state index is 13.4. The summed E-state index contributed by atoms with van der Waals surface area (Å²) in [4.78, 5) is 0. The molecule has 3 nitrogen and oxygen atoms in total. The Morgan fingerprint density at radius 2 is 2.25 bits per heavy atom. The van der Waals surface area contributed by atoms with Gasteiger partial charge in [-0.15, -0.1) is 0 Å². The number of halogens is 3. The highest BCUT2D eigenvalue weighted by Gasteiger charge is 2.08. The molecular formula is C10H8BrClFN3. The Morgan fingerprint density at radius 3 is 2.88 bits per heavy atom. The molecule has 2 aromatic rings. The van der Waals surface area contributed by atoms with E-state index in [9.17, 15) is 4.39 Å². The fraction of sp³-hybridized carbons (Fsp3) is 0.100. The first-order chi connectivity index (χ1) is 7.58. The standard InChI is InChI=1S/C10H8BrClFN3/c11-8-4-15-16(10(8)14)5-6-3-7(12)1-2-9(6)13/h1-4H,5,14H2. The van der Waals surface area contributed by atoms with Gasteiger partial charge in [-0.05, 0) is 34.1 Å². The minimum Gasteiger partial charge on any atom is -0.383 e. The van der Waals surface area contributed by atoms with Crippen molar-refractivity contribution in [1.29, 1.82) is 0 Å². The Labute approximate surface area is 105 Å². The third-order valence-corrected chi connectivity index (χ3v) is 3.01. The van der Waals surface area contributed by atoms with Crippen molar-refractivity contribution in [2.24, 2.45) is 0 Å². The lowest BCUT2D eigenvalue weighted by molar-refractivity contribution is 0.587. The minimum atomic E-state index is -0.324. The van der Waals surface area contributed by atoms with Crippen LogP contribution in [0.25, 0.3) is 0 Å². The molecule has 1 heterocycles. The zero-order valence-electron chi connectivity index (χ0n) is 8.12. The van der Waals surface area contributed by atoms with E-state index < -0.39 is 0 Å². The summed E-state index contributed by atoms with van der Waals surface area (Å²) in [5, 5.41) is 4.50. The first-order valence-electron chi connectivity index (χ1n) is 4.48. The number of rotatable bonds is 2. The van der Waals surface area contributed by atoms with E-state index in [1.54, 1.807) is 12.3 Å². The number of aromatic nitrogens is 2. The van der Waals surface area contributed by atoms with Gasteiger partial charge in [-0.25, -0.2) is 9.07 Å². The minimum absolute atomic E-state index is 0.254. The average molecular weight is 305 g/mol. The van der Waals surface area contributed by atoms with Crippen molar-refractivity contribution in [2.45, 2.75) is 6.54 Å². The van der Waals surface area contributed by atoms with Crippen molar-refractivity contribution in [3.8, 4) is 0 Å². The molecule has 2 rings (SSSR count). The molecule has 0 fully saturated rings. The number of nitrogens with two attached hydrogens (primary N) is 1. The predicted octanol–water partition coefficient (Wildman–Crippen LogP) is 3.07. The van der Waals surface area contributed by atoms with Crippen LogP contribution in [0, 0.1) is 5.82 Å². The Hall–Kier alpha value is -1.07. The van der Waals surface area contributed by atoms with E-state index >= 15 is 0 Å². The summed E-state index contributed by atoms with van der Waals surface area (Å²) in [5.74, 6) is 0.134. The summed E-state index contributed by atoms with van der Waals surface area (Å²) in [6, 6.07) is 4.39. The Kier molecular flexibility index (Phi) is 3.16. The van der Waals surface area contributed by atoms with Crippen LogP contribution in [0.1, 0.15) is 5.56 Å². The van der Waals surface area contributed by atoms with Crippen molar-refractivity contribution in [1.82, 2.24) is 9.78 Å². The fourth-order valence-electron chi connectivity index (χ4n) is 1.32. The highest BCUT2D eigenvalue weighted by Crippen LogP contribution is 2.21. The lowest BCUT2D eigenvalue weighted by Gasteiger charge is -2.06. The predicted molar refractivity (Wildman–Crippen MR) is 64.9 cm³/mol. The number of hydrogen-bond acceptors (Lipinski definition) is 2. The summed E-state index contributed by atoms with van der Waals surface area (Å²) in [6.45, 7) is 0.254. The summed E-state index contributed by atoms with van der Waals surface area (Å²) < 4.78 is 15.6. The summed E-state index contributed by atoms with van der Waals surface area (Å²) in [5.41, 5.74) is 6.19. The zero-order chi connectivity index (χ0) is 11.7. The van der Waals surface area contributed by atoms with Crippen molar-refractivity contribution < 1.29 is 4.39 Å². The van der Waals surface area contributed by atoms with Crippen molar-refractivity contribution in [2.75, 3.05) is 5.73 Å². The van der Waals surface area contributed by atoms with Crippen LogP contribution >= 0.6 is 27.5 Å². The van der Waals surface area contributed by atoms with Gasteiger partial charge < -0.3 is 5.73 Å². The molecule has 0 unspecified atom stereocenters. The van der Waals surface area contributed by atoms with Crippen LogP contribution in [-0.4, -0.2) is 9.78 Å². The van der Waals surface area contributed by atoms with Crippen molar-refractivity contribution >= 4 is 33.3 Å². The number of hydrogen-bond donors (Lipinski definition) is 1. The van der Waals surface area contributed by atoms with E-state index in [4.69, 9.17) is 17.3 Å². The van der Waals surface area contributed by atoms with Crippen LogP contribution in [-0.2, 0) is 6.54 Å². The van der Waals surface area contributed by atoms with E-state index in [2.05, 4.69) is 21.0 Å². The number of nitrogens with zero attached hydrogens (tertiary/aromatic N) is 2. The van der Waals surface area contributed by atoms with Gasteiger partial charge in [0.15, 0.2) is 0 Å². The van der Waals surface area contributed by atoms with Crippen LogP contribution < -0.4 is 5.73 Å². The molecule has 0 radical (unpaired) electrons. The maximum Gasteiger partial charge on any atom is 0.136 e. The van der Waals surface area contributed by atoms with Gasteiger partial charge >= 0.3 is 0 Å².